The summed E-state index contributed by atoms with van der Waals surface area (Å²) in [4.78, 5) is 4.85. The molecule has 0 atom stereocenters. The number of anilines is 2. The predicted octanol–water partition coefficient (Wildman–Crippen LogP) is 4.54. The van der Waals surface area contributed by atoms with Gasteiger partial charge in [-0.05, 0) is 54.6 Å². The van der Waals surface area contributed by atoms with Crippen LogP contribution in [-0.4, -0.2) is 35.3 Å². The smallest absolute Gasteiger partial charge is 0.229 e. The maximum Gasteiger partial charge on any atom is 0.229 e. The molecule has 0 radical (unpaired) electrons. The molecule has 0 saturated heterocycles. The van der Waals surface area contributed by atoms with E-state index in [0.717, 1.165) is 10.3 Å². The number of aromatic nitrogens is 4. The number of nitrogens with zero attached hydrogens (tertiary/aromatic N) is 4. The molecule has 162 valence electrons. The van der Waals surface area contributed by atoms with Crippen LogP contribution >= 0.6 is 11.3 Å². The lowest BCUT2D eigenvalue weighted by molar-refractivity contribution is 0.417. The summed E-state index contributed by atoms with van der Waals surface area (Å²) in [7, 11) is -2.34. The largest absolute Gasteiger partial charge is 0.495 e. The number of fused-ring (bicyclic) bond motifs is 3. The van der Waals surface area contributed by atoms with Crippen LogP contribution in [0.25, 0.3) is 15.9 Å². The Morgan fingerprint density at radius 2 is 1.91 bits per heavy atom. The second kappa shape index (κ2) is 7.57. The normalized spacial score (nSPS) is 11.8. The molecule has 0 aliphatic heterocycles. The van der Waals surface area contributed by atoms with Gasteiger partial charge in [0.2, 0.25) is 14.9 Å². The summed E-state index contributed by atoms with van der Waals surface area (Å²) in [5, 5.41) is 13.2. The predicted molar refractivity (Wildman–Crippen MR) is 124 cm³/mol. The number of ether oxygens (including phenoxy) is 1. The molecule has 0 amide bonds. The number of rotatable bonds is 5. The molecule has 0 unspecified atom stereocenters. The Kier molecular flexibility index (Phi) is 4.83. The summed E-state index contributed by atoms with van der Waals surface area (Å²) in [5.41, 5.74) is 3.08. The molecule has 10 heteroatoms. The zero-order chi connectivity index (χ0) is 22.5. The molecule has 32 heavy (non-hydrogen) atoms. The number of methoxy groups -OCH3 is 1. The Bertz CT molecular complexity index is 1590. The van der Waals surface area contributed by atoms with Crippen molar-refractivity contribution in [3.8, 4) is 5.75 Å². The fourth-order valence-electron chi connectivity index (χ4n) is 3.56. The van der Waals surface area contributed by atoms with Gasteiger partial charge in [0.15, 0.2) is 11.5 Å². The van der Waals surface area contributed by atoms with E-state index >= 15 is 0 Å². The number of hydrogen-bond acceptors (Lipinski definition) is 8. The minimum atomic E-state index is -3.94. The zero-order valence-corrected chi connectivity index (χ0v) is 19.2. The molecule has 0 fully saturated rings. The van der Waals surface area contributed by atoms with E-state index in [2.05, 4.69) is 20.6 Å². The van der Waals surface area contributed by atoms with E-state index in [-0.39, 0.29) is 15.6 Å². The SMILES string of the molecule is COc1ccccc1Nc1nc2c(S(=O)(=O)c3cc(C)ccc3C)nnn2c2ccsc12. The first-order chi connectivity index (χ1) is 15.4. The lowest BCUT2D eigenvalue weighted by Crippen LogP contribution is -2.07. The molecule has 0 bridgehead atoms. The van der Waals surface area contributed by atoms with Crippen molar-refractivity contribution < 1.29 is 13.2 Å². The van der Waals surface area contributed by atoms with Crippen molar-refractivity contribution in [2.24, 2.45) is 0 Å². The molecule has 3 aromatic heterocycles. The highest BCUT2D eigenvalue weighted by Crippen LogP contribution is 2.35. The van der Waals surface area contributed by atoms with Crippen LogP contribution in [0.3, 0.4) is 0 Å². The van der Waals surface area contributed by atoms with Gasteiger partial charge in [0.25, 0.3) is 0 Å². The van der Waals surface area contributed by atoms with Crippen molar-refractivity contribution in [3.63, 3.8) is 0 Å². The van der Waals surface area contributed by atoms with E-state index < -0.39 is 9.84 Å². The molecule has 8 nitrogen and oxygen atoms in total. The standard InChI is InChI=1S/C22H19N5O3S2/c1-13-8-9-14(2)18(12-13)32(28,29)22-21-24-20(23-15-6-4-5-7-17(15)30-3)19-16(10-11-31-19)27(21)26-25-22/h4-12H,1-3H3,(H,23,24). The highest BCUT2D eigenvalue weighted by molar-refractivity contribution is 7.91. The number of sulfone groups is 1. The highest BCUT2D eigenvalue weighted by atomic mass is 32.2. The third-order valence-corrected chi connectivity index (χ3v) is 7.87. The Morgan fingerprint density at radius 3 is 2.72 bits per heavy atom. The fraction of sp³-hybridized carbons (Fsp3) is 0.136. The molecular weight excluding hydrogens is 446 g/mol. The molecule has 3 heterocycles. The second-order valence-corrected chi connectivity index (χ2v) is 10.1. The van der Waals surface area contributed by atoms with Crippen LogP contribution in [0.2, 0.25) is 0 Å². The van der Waals surface area contributed by atoms with Gasteiger partial charge in [-0.1, -0.05) is 29.5 Å². The van der Waals surface area contributed by atoms with Gasteiger partial charge in [0.1, 0.15) is 5.75 Å². The van der Waals surface area contributed by atoms with E-state index in [1.165, 1.54) is 15.9 Å². The molecule has 1 N–H and O–H groups in total. The Morgan fingerprint density at radius 1 is 1.09 bits per heavy atom. The number of thiophene rings is 1. The number of para-hydroxylation sites is 2. The van der Waals surface area contributed by atoms with Crippen LogP contribution in [0.5, 0.6) is 5.75 Å². The van der Waals surface area contributed by atoms with Gasteiger partial charge >= 0.3 is 0 Å². The third-order valence-electron chi connectivity index (χ3n) is 5.17. The quantitative estimate of drug-likeness (QED) is 0.407. The van der Waals surface area contributed by atoms with Gasteiger partial charge in [-0.3, -0.25) is 0 Å². The van der Waals surface area contributed by atoms with Crippen molar-refractivity contribution in [2.75, 3.05) is 12.4 Å². The average molecular weight is 466 g/mol. The van der Waals surface area contributed by atoms with Crippen molar-refractivity contribution >= 4 is 48.5 Å². The molecule has 5 aromatic rings. The van der Waals surface area contributed by atoms with Gasteiger partial charge in [0, 0.05) is 0 Å². The molecular formula is C22H19N5O3S2. The molecule has 0 spiro atoms. The molecule has 0 saturated carbocycles. The third kappa shape index (κ3) is 3.19. The lowest BCUT2D eigenvalue weighted by atomic mass is 10.2. The summed E-state index contributed by atoms with van der Waals surface area (Å²) < 4.78 is 34.8. The molecule has 0 aliphatic rings. The molecule has 0 aliphatic carbocycles. The maximum atomic E-state index is 13.5. The Balaban J connectivity index is 1.74. The van der Waals surface area contributed by atoms with Gasteiger partial charge in [0.05, 0.1) is 27.9 Å². The van der Waals surface area contributed by atoms with E-state index in [1.54, 1.807) is 26.2 Å². The summed E-state index contributed by atoms with van der Waals surface area (Å²) >= 11 is 1.48. The summed E-state index contributed by atoms with van der Waals surface area (Å²) in [6, 6.07) is 14.6. The number of benzene rings is 2. The molecule has 2 aromatic carbocycles. The Labute approximate surface area is 188 Å². The molecule has 5 rings (SSSR count). The van der Waals surface area contributed by atoms with Crippen LogP contribution in [0.1, 0.15) is 11.1 Å². The number of hydrogen-bond donors (Lipinski definition) is 1. The van der Waals surface area contributed by atoms with Crippen LogP contribution in [0.4, 0.5) is 11.5 Å². The average Bonchev–Trinajstić information content (AvgIpc) is 3.43. The monoisotopic (exact) mass is 465 g/mol. The highest BCUT2D eigenvalue weighted by Gasteiger charge is 2.29. The number of aryl methyl sites for hydroxylation is 2. The van der Waals surface area contributed by atoms with Gasteiger partial charge in [-0.25, -0.2) is 13.4 Å². The van der Waals surface area contributed by atoms with Crippen LogP contribution < -0.4 is 10.1 Å². The van der Waals surface area contributed by atoms with Crippen molar-refractivity contribution in [3.05, 3.63) is 65.0 Å². The van der Waals surface area contributed by atoms with Crippen molar-refractivity contribution in [1.29, 1.82) is 0 Å². The Hall–Kier alpha value is -3.50. The topological polar surface area (TPSA) is 98.5 Å². The zero-order valence-electron chi connectivity index (χ0n) is 17.5. The van der Waals surface area contributed by atoms with E-state index in [4.69, 9.17) is 4.74 Å². The van der Waals surface area contributed by atoms with Gasteiger partial charge < -0.3 is 10.1 Å². The summed E-state index contributed by atoms with van der Waals surface area (Å²) in [6.07, 6.45) is 0. The van der Waals surface area contributed by atoms with Gasteiger partial charge in [-0.15, -0.1) is 16.4 Å². The van der Waals surface area contributed by atoms with Crippen LogP contribution in [-0.2, 0) is 9.84 Å². The van der Waals surface area contributed by atoms with Crippen LogP contribution in [0.15, 0.2) is 63.8 Å². The van der Waals surface area contributed by atoms with E-state index in [0.29, 0.717) is 28.3 Å². The first-order valence-electron chi connectivity index (χ1n) is 9.75. The van der Waals surface area contributed by atoms with Crippen molar-refractivity contribution in [2.45, 2.75) is 23.8 Å². The first-order valence-corrected chi connectivity index (χ1v) is 12.1. The fourth-order valence-corrected chi connectivity index (χ4v) is 5.93. The van der Waals surface area contributed by atoms with Gasteiger partial charge in [-0.2, -0.15) is 4.52 Å². The number of nitrogens with one attached hydrogen (secondary N) is 1. The van der Waals surface area contributed by atoms with Crippen LogP contribution in [0, 0.1) is 13.8 Å². The second-order valence-electron chi connectivity index (χ2n) is 7.32. The minimum Gasteiger partial charge on any atom is -0.495 e. The van der Waals surface area contributed by atoms with E-state index in [1.807, 2.05) is 48.7 Å². The minimum absolute atomic E-state index is 0.161. The van der Waals surface area contributed by atoms with Crippen molar-refractivity contribution in [1.82, 2.24) is 19.8 Å². The summed E-state index contributed by atoms with van der Waals surface area (Å²) in [6.45, 7) is 3.61. The lowest BCUT2D eigenvalue weighted by Gasteiger charge is -2.12. The summed E-state index contributed by atoms with van der Waals surface area (Å²) in [5.74, 6) is 1.15. The first kappa shape index (κ1) is 20.4. The maximum absolute atomic E-state index is 13.5. The van der Waals surface area contributed by atoms with E-state index in [9.17, 15) is 8.42 Å².